The summed E-state index contributed by atoms with van der Waals surface area (Å²) in [5, 5.41) is 0. The molecule has 1 fully saturated rings. The zero-order valence-corrected chi connectivity index (χ0v) is 10.3. The topological polar surface area (TPSA) is 26.0 Å². The van der Waals surface area contributed by atoms with Crippen LogP contribution in [0.3, 0.4) is 0 Å². The Labute approximate surface area is 89.5 Å². The highest BCUT2D eigenvalue weighted by atomic mass is 14.6. The second-order valence-corrected chi connectivity index (χ2v) is 5.80. The van der Waals surface area contributed by atoms with Crippen molar-refractivity contribution in [3.63, 3.8) is 0 Å². The van der Waals surface area contributed by atoms with Crippen LogP contribution in [0.2, 0.25) is 0 Å². The van der Waals surface area contributed by atoms with Gasteiger partial charge in [0.2, 0.25) is 0 Å². The summed E-state index contributed by atoms with van der Waals surface area (Å²) in [6.07, 6.45) is 5.50. The summed E-state index contributed by atoms with van der Waals surface area (Å²) in [6, 6.07) is 0. The number of hydrogen-bond donors (Lipinski definition) is 1. The molecule has 1 aliphatic carbocycles. The fourth-order valence-electron chi connectivity index (χ4n) is 3.19. The van der Waals surface area contributed by atoms with E-state index in [1.165, 1.54) is 25.7 Å². The maximum absolute atomic E-state index is 6.04. The third kappa shape index (κ3) is 2.31. The maximum Gasteiger partial charge on any atom is -0.00178 e. The first-order chi connectivity index (χ1) is 6.52. The zero-order valence-electron chi connectivity index (χ0n) is 10.3. The van der Waals surface area contributed by atoms with Crippen LogP contribution >= 0.6 is 0 Å². The molecule has 0 saturated heterocycles. The van der Waals surface area contributed by atoms with E-state index in [0.29, 0.717) is 5.41 Å². The maximum atomic E-state index is 6.04. The first-order valence-corrected chi connectivity index (χ1v) is 6.22. The minimum Gasteiger partial charge on any atom is -0.330 e. The lowest BCUT2D eigenvalue weighted by atomic mass is 9.61. The van der Waals surface area contributed by atoms with E-state index < -0.39 is 0 Å². The molecule has 1 rings (SSSR count). The highest BCUT2D eigenvalue weighted by molar-refractivity contribution is 4.91. The molecule has 0 aliphatic heterocycles. The lowest BCUT2D eigenvalue weighted by Gasteiger charge is -2.45. The van der Waals surface area contributed by atoms with Crippen LogP contribution in [-0.2, 0) is 0 Å². The van der Waals surface area contributed by atoms with Gasteiger partial charge in [0.05, 0.1) is 0 Å². The van der Waals surface area contributed by atoms with E-state index in [-0.39, 0.29) is 0 Å². The van der Waals surface area contributed by atoms with E-state index in [0.717, 1.165) is 24.3 Å². The fraction of sp³-hybridized carbons (Fsp3) is 1.00. The third-order valence-electron chi connectivity index (χ3n) is 4.50. The standard InChI is InChI=1S/C13H27N/c1-10(2)12(4)13(9-14)7-5-6-11(3)8-13/h10-12H,5-9,14H2,1-4H3. The van der Waals surface area contributed by atoms with E-state index in [1.807, 2.05) is 0 Å². The zero-order chi connectivity index (χ0) is 10.8. The summed E-state index contributed by atoms with van der Waals surface area (Å²) in [5.74, 6) is 2.42. The van der Waals surface area contributed by atoms with E-state index in [4.69, 9.17) is 5.73 Å². The van der Waals surface area contributed by atoms with Crippen LogP contribution in [0.25, 0.3) is 0 Å². The van der Waals surface area contributed by atoms with Crippen molar-refractivity contribution in [3.8, 4) is 0 Å². The van der Waals surface area contributed by atoms with Gasteiger partial charge in [-0.25, -0.2) is 0 Å². The van der Waals surface area contributed by atoms with Gasteiger partial charge in [0.25, 0.3) is 0 Å². The van der Waals surface area contributed by atoms with Crippen molar-refractivity contribution >= 4 is 0 Å². The molecule has 0 amide bonds. The Balaban J connectivity index is 2.73. The molecule has 84 valence electrons. The van der Waals surface area contributed by atoms with Crippen molar-refractivity contribution in [2.24, 2.45) is 28.9 Å². The molecule has 3 atom stereocenters. The molecule has 2 N–H and O–H groups in total. The summed E-state index contributed by atoms with van der Waals surface area (Å²) in [7, 11) is 0. The van der Waals surface area contributed by atoms with Crippen LogP contribution in [0, 0.1) is 23.2 Å². The van der Waals surface area contributed by atoms with E-state index in [2.05, 4.69) is 27.7 Å². The molecule has 14 heavy (non-hydrogen) atoms. The van der Waals surface area contributed by atoms with Crippen molar-refractivity contribution in [3.05, 3.63) is 0 Å². The molecule has 0 bridgehead atoms. The molecule has 0 aromatic carbocycles. The van der Waals surface area contributed by atoms with Crippen molar-refractivity contribution in [2.45, 2.75) is 53.4 Å². The Kier molecular flexibility index (Phi) is 4.00. The molecule has 1 saturated carbocycles. The van der Waals surface area contributed by atoms with Gasteiger partial charge >= 0.3 is 0 Å². The minimum absolute atomic E-state index is 0.450. The Hall–Kier alpha value is -0.0400. The molecule has 0 radical (unpaired) electrons. The molecule has 0 heterocycles. The Morgan fingerprint density at radius 2 is 2.00 bits per heavy atom. The largest absolute Gasteiger partial charge is 0.330 e. The first-order valence-electron chi connectivity index (χ1n) is 6.22. The molecule has 1 nitrogen and oxygen atoms in total. The average molecular weight is 197 g/mol. The van der Waals surface area contributed by atoms with E-state index in [9.17, 15) is 0 Å². The summed E-state index contributed by atoms with van der Waals surface area (Å²) in [5.41, 5.74) is 6.49. The summed E-state index contributed by atoms with van der Waals surface area (Å²) in [4.78, 5) is 0. The molecular formula is C13H27N. The van der Waals surface area contributed by atoms with Gasteiger partial charge in [0.15, 0.2) is 0 Å². The highest BCUT2D eigenvalue weighted by Crippen LogP contribution is 2.46. The molecule has 1 aliphatic rings. The van der Waals surface area contributed by atoms with E-state index >= 15 is 0 Å². The van der Waals surface area contributed by atoms with E-state index in [1.54, 1.807) is 0 Å². The van der Waals surface area contributed by atoms with Gasteiger partial charge in [-0.1, -0.05) is 40.5 Å². The monoisotopic (exact) mass is 197 g/mol. The van der Waals surface area contributed by atoms with Crippen molar-refractivity contribution < 1.29 is 0 Å². The summed E-state index contributed by atoms with van der Waals surface area (Å²) in [6.45, 7) is 10.3. The predicted molar refractivity (Wildman–Crippen MR) is 63.1 cm³/mol. The second kappa shape index (κ2) is 4.65. The van der Waals surface area contributed by atoms with Crippen molar-refractivity contribution in [2.75, 3.05) is 6.54 Å². The SMILES string of the molecule is CC1CCCC(CN)(C(C)C(C)C)C1. The highest BCUT2D eigenvalue weighted by Gasteiger charge is 2.39. The summed E-state index contributed by atoms with van der Waals surface area (Å²) >= 11 is 0. The van der Waals surface area contributed by atoms with Crippen LogP contribution in [0.5, 0.6) is 0 Å². The van der Waals surface area contributed by atoms with Gasteiger partial charge < -0.3 is 5.73 Å². The van der Waals surface area contributed by atoms with Gasteiger partial charge in [-0.15, -0.1) is 0 Å². The Morgan fingerprint density at radius 3 is 2.43 bits per heavy atom. The van der Waals surface area contributed by atoms with Crippen LogP contribution in [0.1, 0.15) is 53.4 Å². The van der Waals surface area contributed by atoms with Gasteiger partial charge in [0, 0.05) is 0 Å². The number of rotatable bonds is 3. The Bertz CT molecular complexity index is 176. The molecule has 0 spiro atoms. The van der Waals surface area contributed by atoms with Crippen LogP contribution in [-0.4, -0.2) is 6.54 Å². The first kappa shape index (κ1) is 12.0. The molecular weight excluding hydrogens is 170 g/mol. The van der Waals surface area contributed by atoms with Crippen molar-refractivity contribution in [1.82, 2.24) is 0 Å². The number of hydrogen-bond acceptors (Lipinski definition) is 1. The van der Waals surface area contributed by atoms with Crippen LogP contribution in [0.15, 0.2) is 0 Å². The normalized spacial score (nSPS) is 36.0. The molecule has 1 heteroatoms. The van der Waals surface area contributed by atoms with Gasteiger partial charge in [-0.2, -0.15) is 0 Å². The fourth-order valence-corrected chi connectivity index (χ4v) is 3.19. The van der Waals surface area contributed by atoms with Gasteiger partial charge in [-0.3, -0.25) is 0 Å². The van der Waals surface area contributed by atoms with Gasteiger partial charge in [-0.05, 0) is 42.6 Å². The van der Waals surface area contributed by atoms with Crippen molar-refractivity contribution in [1.29, 1.82) is 0 Å². The molecule has 3 unspecified atom stereocenters. The molecule has 0 aromatic rings. The predicted octanol–water partition coefficient (Wildman–Crippen LogP) is 3.43. The minimum atomic E-state index is 0.450. The lowest BCUT2D eigenvalue weighted by molar-refractivity contribution is 0.0600. The lowest BCUT2D eigenvalue weighted by Crippen LogP contribution is -2.42. The smallest absolute Gasteiger partial charge is 0.00178 e. The Morgan fingerprint density at radius 1 is 1.36 bits per heavy atom. The third-order valence-corrected chi connectivity index (χ3v) is 4.50. The summed E-state index contributed by atoms with van der Waals surface area (Å²) < 4.78 is 0. The van der Waals surface area contributed by atoms with Crippen LogP contribution in [0.4, 0.5) is 0 Å². The average Bonchev–Trinajstić information content (AvgIpc) is 2.16. The van der Waals surface area contributed by atoms with Crippen LogP contribution < -0.4 is 5.73 Å². The quantitative estimate of drug-likeness (QED) is 0.737. The van der Waals surface area contributed by atoms with Gasteiger partial charge in [0.1, 0.15) is 0 Å². The molecule has 0 aromatic heterocycles. The second-order valence-electron chi connectivity index (χ2n) is 5.80. The number of nitrogens with two attached hydrogens (primary N) is 1.